The van der Waals surface area contributed by atoms with Gasteiger partial charge in [-0.2, -0.15) is 0 Å². The topological polar surface area (TPSA) is 69.8 Å². The van der Waals surface area contributed by atoms with Crippen molar-refractivity contribution in [3.8, 4) is 0 Å². The molecule has 0 saturated carbocycles. The smallest absolute Gasteiger partial charge is 0.236 e. The van der Waals surface area contributed by atoms with Crippen LogP contribution in [0.3, 0.4) is 0 Å². The highest BCUT2D eigenvalue weighted by molar-refractivity contribution is 5.81. The first-order valence-corrected chi connectivity index (χ1v) is 5.98. The van der Waals surface area contributed by atoms with Gasteiger partial charge in [0.2, 0.25) is 5.91 Å². The maximum atomic E-state index is 11.7. The summed E-state index contributed by atoms with van der Waals surface area (Å²) < 4.78 is 0. The van der Waals surface area contributed by atoms with E-state index < -0.39 is 0 Å². The summed E-state index contributed by atoms with van der Waals surface area (Å²) >= 11 is 0. The monoisotopic (exact) mass is 238 g/mol. The Morgan fingerprint density at radius 3 is 2.71 bits per heavy atom. The molecule has 1 heterocycles. The number of hydrogen-bond donors (Lipinski definition) is 3. The van der Waals surface area contributed by atoms with Crippen molar-refractivity contribution in [2.45, 2.75) is 39.8 Å². The molecule has 0 aliphatic rings. The van der Waals surface area contributed by atoms with E-state index in [0.29, 0.717) is 12.5 Å². The number of carbonyl (C=O) groups is 1. The van der Waals surface area contributed by atoms with Gasteiger partial charge in [-0.1, -0.05) is 13.8 Å². The van der Waals surface area contributed by atoms with Gasteiger partial charge < -0.3 is 15.6 Å². The van der Waals surface area contributed by atoms with Gasteiger partial charge in [-0.3, -0.25) is 4.79 Å². The molecule has 0 saturated heterocycles. The third kappa shape index (κ3) is 4.19. The number of aromatic nitrogens is 2. The molecule has 0 aromatic carbocycles. The predicted molar refractivity (Wildman–Crippen MR) is 67.5 cm³/mol. The lowest BCUT2D eigenvalue weighted by atomic mass is 10.0. The van der Waals surface area contributed by atoms with Gasteiger partial charge >= 0.3 is 0 Å². The van der Waals surface area contributed by atoms with Crippen LogP contribution >= 0.6 is 0 Å². The highest BCUT2D eigenvalue weighted by Crippen LogP contribution is 2.07. The summed E-state index contributed by atoms with van der Waals surface area (Å²) in [4.78, 5) is 18.9. The number of aromatic amines is 1. The van der Waals surface area contributed by atoms with Gasteiger partial charge in [-0.05, 0) is 19.3 Å². The second-order valence-corrected chi connectivity index (χ2v) is 4.65. The molecule has 96 valence electrons. The van der Waals surface area contributed by atoms with Crippen molar-refractivity contribution in [2.24, 2.45) is 5.92 Å². The standard InChI is InChI=1S/C12H22N4O/c1-8(2)5-10(12(17)13-4)14-6-11-9(3)15-7-16-11/h7-8,10,14H,5-6H2,1-4H3,(H,13,17)(H,15,16). The molecule has 0 aliphatic heterocycles. The van der Waals surface area contributed by atoms with E-state index in [1.165, 1.54) is 0 Å². The van der Waals surface area contributed by atoms with Crippen LogP contribution in [0.15, 0.2) is 6.33 Å². The highest BCUT2D eigenvalue weighted by Gasteiger charge is 2.18. The van der Waals surface area contributed by atoms with Crippen LogP contribution in [0.25, 0.3) is 0 Å². The minimum absolute atomic E-state index is 0.0342. The van der Waals surface area contributed by atoms with Crippen molar-refractivity contribution in [3.05, 3.63) is 17.7 Å². The molecule has 0 bridgehead atoms. The lowest BCUT2D eigenvalue weighted by Gasteiger charge is -2.18. The number of nitrogens with zero attached hydrogens (tertiary/aromatic N) is 1. The fourth-order valence-corrected chi connectivity index (χ4v) is 1.71. The average molecular weight is 238 g/mol. The summed E-state index contributed by atoms with van der Waals surface area (Å²) in [5, 5.41) is 5.94. The fraction of sp³-hybridized carbons (Fsp3) is 0.667. The van der Waals surface area contributed by atoms with Crippen molar-refractivity contribution in [1.29, 1.82) is 0 Å². The van der Waals surface area contributed by atoms with E-state index in [-0.39, 0.29) is 11.9 Å². The van der Waals surface area contributed by atoms with E-state index in [0.717, 1.165) is 17.8 Å². The largest absolute Gasteiger partial charge is 0.358 e. The van der Waals surface area contributed by atoms with Crippen LogP contribution in [0, 0.1) is 12.8 Å². The van der Waals surface area contributed by atoms with Crippen molar-refractivity contribution in [3.63, 3.8) is 0 Å². The highest BCUT2D eigenvalue weighted by atomic mass is 16.2. The van der Waals surface area contributed by atoms with E-state index in [1.54, 1.807) is 13.4 Å². The summed E-state index contributed by atoms with van der Waals surface area (Å²) in [6.07, 6.45) is 2.49. The normalized spacial score (nSPS) is 12.8. The molecular weight excluding hydrogens is 216 g/mol. The van der Waals surface area contributed by atoms with E-state index in [9.17, 15) is 4.79 Å². The number of aryl methyl sites for hydroxylation is 1. The SMILES string of the molecule is CNC(=O)C(CC(C)C)NCc1nc[nH]c1C. The number of rotatable bonds is 6. The Kier molecular flexibility index (Phi) is 5.15. The zero-order chi connectivity index (χ0) is 12.8. The van der Waals surface area contributed by atoms with E-state index >= 15 is 0 Å². The zero-order valence-electron chi connectivity index (χ0n) is 11.0. The second kappa shape index (κ2) is 6.39. The van der Waals surface area contributed by atoms with Gasteiger partial charge in [0, 0.05) is 19.3 Å². The molecule has 1 rings (SSSR count). The van der Waals surface area contributed by atoms with Crippen LogP contribution in [-0.4, -0.2) is 29.0 Å². The lowest BCUT2D eigenvalue weighted by molar-refractivity contribution is -0.123. The summed E-state index contributed by atoms with van der Waals surface area (Å²) in [5.41, 5.74) is 2.00. The minimum atomic E-state index is -0.156. The number of imidazole rings is 1. The van der Waals surface area contributed by atoms with Crippen LogP contribution < -0.4 is 10.6 Å². The predicted octanol–water partition coefficient (Wildman–Crippen LogP) is 0.968. The van der Waals surface area contributed by atoms with Gasteiger partial charge in [0.25, 0.3) is 0 Å². The van der Waals surface area contributed by atoms with Gasteiger partial charge in [-0.15, -0.1) is 0 Å². The van der Waals surface area contributed by atoms with Gasteiger partial charge in [0.15, 0.2) is 0 Å². The molecule has 0 fully saturated rings. The number of likely N-dealkylation sites (N-methyl/N-ethyl adjacent to an activating group) is 1. The Morgan fingerprint density at radius 2 is 2.24 bits per heavy atom. The van der Waals surface area contributed by atoms with Crippen molar-refractivity contribution in [1.82, 2.24) is 20.6 Å². The molecule has 1 aromatic heterocycles. The summed E-state index contributed by atoms with van der Waals surface area (Å²) in [7, 11) is 1.66. The summed E-state index contributed by atoms with van der Waals surface area (Å²) in [6, 6.07) is -0.156. The summed E-state index contributed by atoms with van der Waals surface area (Å²) in [6.45, 7) is 6.80. The van der Waals surface area contributed by atoms with E-state index in [4.69, 9.17) is 0 Å². The van der Waals surface area contributed by atoms with Gasteiger partial charge in [0.05, 0.1) is 18.1 Å². The van der Waals surface area contributed by atoms with Crippen LogP contribution in [-0.2, 0) is 11.3 Å². The van der Waals surface area contributed by atoms with Crippen LogP contribution in [0.1, 0.15) is 31.7 Å². The molecule has 1 unspecified atom stereocenters. The Hall–Kier alpha value is -1.36. The maximum absolute atomic E-state index is 11.7. The average Bonchev–Trinajstić information content (AvgIpc) is 2.68. The molecule has 5 heteroatoms. The minimum Gasteiger partial charge on any atom is -0.358 e. The number of hydrogen-bond acceptors (Lipinski definition) is 3. The van der Waals surface area contributed by atoms with Gasteiger partial charge in [-0.25, -0.2) is 4.98 Å². The Labute approximate surface area is 102 Å². The first-order chi connectivity index (χ1) is 8.04. The number of amides is 1. The summed E-state index contributed by atoms with van der Waals surface area (Å²) in [5.74, 6) is 0.511. The molecule has 17 heavy (non-hydrogen) atoms. The first-order valence-electron chi connectivity index (χ1n) is 5.98. The molecule has 1 aromatic rings. The molecule has 0 spiro atoms. The quantitative estimate of drug-likeness (QED) is 0.691. The Balaban J connectivity index is 2.55. The van der Waals surface area contributed by atoms with E-state index in [2.05, 4.69) is 34.4 Å². The third-order valence-electron chi connectivity index (χ3n) is 2.72. The number of nitrogens with one attached hydrogen (secondary N) is 3. The molecule has 1 amide bonds. The Bertz CT molecular complexity index is 359. The van der Waals surface area contributed by atoms with Gasteiger partial charge in [0.1, 0.15) is 0 Å². The molecule has 0 radical (unpaired) electrons. The van der Waals surface area contributed by atoms with E-state index in [1.807, 2.05) is 6.92 Å². The Morgan fingerprint density at radius 1 is 1.53 bits per heavy atom. The van der Waals surface area contributed by atoms with Crippen LogP contribution in [0.5, 0.6) is 0 Å². The third-order valence-corrected chi connectivity index (χ3v) is 2.72. The van der Waals surface area contributed by atoms with Crippen LogP contribution in [0.4, 0.5) is 0 Å². The number of carbonyl (C=O) groups excluding carboxylic acids is 1. The second-order valence-electron chi connectivity index (χ2n) is 4.65. The van der Waals surface area contributed by atoms with Crippen LogP contribution in [0.2, 0.25) is 0 Å². The molecular formula is C12H22N4O. The molecule has 1 atom stereocenters. The maximum Gasteiger partial charge on any atom is 0.236 e. The zero-order valence-corrected chi connectivity index (χ0v) is 11.0. The molecule has 3 N–H and O–H groups in total. The fourth-order valence-electron chi connectivity index (χ4n) is 1.71. The van der Waals surface area contributed by atoms with Crippen molar-refractivity contribution >= 4 is 5.91 Å². The van der Waals surface area contributed by atoms with Crippen molar-refractivity contribution in [2.75, 3.05) is 7.05 Å². The molecule has 0 aliphatic carbocycles. The first kappa shape index (κ1) is 13.7. The van der Waals surface area contributed by atoms with Crippen molar-refractivity contribution < 1.29 is 4.79 Å². The number of H-pyrrole nitrogens is 1. The lowest BCUT2D eigenvalue weighted by Crippen LogP contribution is -2.43. The molecule has 5 nitrogen and oxygen atoms in total.